The molecule has 1 unspecified atom stereocenters. The summed E-state index contributed by atoms with van der Waals surface area (Å²) in [5.74, 6) is 0.978. The Morgan fingerprint density at radius 1 is 1.31 bits per heavy atom. The van der Waals surface area contributed by atoms with Crippen LogP contribution >= 0.6 is 0 Å². The molecule has 1 aromatic carbocycles. The van der Waals surface area contributed by atoms with E-state index >= 15 is 0 Å². The average Bonchev–Trinajstić information content (AvgIpc) is 2.94. The van der Waals surface area contributed by atoms with Gasteiger partial charge in [-0.05, 0) is 24.0 Å². The summed E-state index contributed by atoms with van der Waals surface area (Å²) in [5, 5.41) is 0. The van der Waals surface area contributed by atoms with Gasteiger partial charge in [-0.2, -0.15) is 0 Å². The second-order valence-electron chi connectivity index (χ2n) is 5.77. The Morgan fingerprint density at radius 2 is 1.94 bits per heavy atom. The lowest BCUT2D eigenvalue weighted by atomic mass is 9.86. The fourth-order valence-electron chi connectivity index (χ4n) is 1.65. The van der Waals surface area contributed by atoms with Crippen LogP contribution in [0.2, 0.25) is 0 Å². The highest BCUT2D eigenvalue weighted by Gasteiger charge is 2.40. The van der Waals surface area contributed by atoms with Crippen molar-refractivity contribution in [2.45, 2.75) is 38.7 Å². The summed E-state index contributed by atoms with van der Waals surface area (Å²) >= 11 is 0. The van der Waals surface area contributed by atoms with Crippen LogP contribution in [-0.4, -0.2) is 18.8 Å². The van der Waals surface area contributed by atoms with Gasteiger partial charge in [-0.25, -0.2) is 0 Å². The highest BCUT2D eigenvalue weighted by Crippen LogP contribution is 2.33. The van der Waals surface area contributed by atoms with E-state index in [2.05, 4.69) is 39.8 Å². The number of ether oxygens (including phenoxy) is 2. The Hall–Kier alpha value is -1.02. The van der Waals surface area contributed by atoms with E-state index in [9.17, 15) is 0 Å². The van der Waals surface area contributed by atoms with Crippen LogP contribution < -0.4 is 4.74 Å². The number of epoxide rings is 1. The number of benzene rings is 1. The van der Waals surface area contributed by atoms with Gasteiger partial charge in [-0.1, -0.05) is 39.0 Å². The van der Waals surface area contributed by atoms with Gasteiger partial charge in [-0.3, -0.25) is 0 Å². The molecule has 0 radical (unpaired) electrons. The first-order chi connectivity index (χ1) is 7.41. The van der Waals surface area contributed by atoms with E-state index in [-0.39, 0.29) is 11.0 Å². The van der Waals surface area contributed by atoms with Gasteiger partial charge in [0.2, 0.25) is 0 Å². The topological polar surface area (TPSA) is 21.8 Å². The van der Waals surface area contributed by atoms with Gasteiger partial charge in [0.1, 0.15) is 18.0 Å². The average molecular weight is 220 g/mol. The van der Waals surface area contributed by atoms with Gasteiger partial charge in [0, 0.05) is 0 Å². The van der Waals surface area contributed by atoms with E-state index in [1.165, 1.54) is 5.56 Å². The minimum atomic E-state index is -0.0506. The van der Waals surface area contributed by atoms with Crippen molar-refractivity contribution in [1.29, 1.82) is 0 Å². The van der Waals surface area contributed by atoms with Crippen molar-refractivity contribution >= 4 is 0 Å². The molecule has 0 amide bonds. The molecule has 0 aromatic heterocycles. The zero-order valence-electron chi connectivity index (χ0n) is 10.5. The molecule has 0 N–H and O–H groups in total. The van der Waals surface area contributed by atoms with Gasteiger partial charge in [0.15, 0.2) is 0 Å². The molecule has 0 spiro atoms. The van der Waals surface area contributed by atoms with Gasteiger partial charge in [0.25, 0.3) is 0 Å². The molecule has 0 saturated carbocycles. The first-order valence-electron chi connectivity index (χ1n) is 5.77. The van der Waals surface area contributed by atoms with Gasteiger partial charge >= 0.3 is 0 Å². The molecule has 1 fully saturated rings. The van der Waals surface area contributed by atoms with Gasteiger partial charge < -0.3 is 9.47 Å². The lowest BCUT2D eigenvalue weighted by Gasteiger charge is -2.23. The smallest absolute Gasteiger partial charge is 0.123 e. The summed E-state index contributed by atoms with van der Waals surface area (Å²) in [6, 6.07) is 8.24. The Bertz CT molecular complexity index is 373. The molecule has 1 saturated heterocycles. The molecule has 2 rings (SSSR count). The van der Waals surface area contributed by atoms with Crippen LogP contribution in [0.25, 0.3) is 0 Å². The number of hydrogen-bond donors (Lipinski definition) is 0. The van der Waals surface area contributed by atoms with Crippen molar-refractivity contribution < 1.29 is 9.47 Å². The Morgan fingerprint density at radius 3 is 2.50 bits per heavy atom. The van der Waals surface area contributed by atoms with Crippen LogP contribution in [0.1, 0.15) is 33.3 Å². The maximum Gasteiger partial charge on any atom is 0.123 e. The third kappa shape index (κ3) is 2.56. The Labute approximate surface area is 97.6 Å². The molecule has 2 heteroatoms. The summed E-state index contributed by atoms with van der Waals surface area (Å²) in [7, 11) is 0. The van der Waals surface area contributed by atoms with Crippen LogP contribution in [0, 0.1) is 0 Å². The molecule has 88 valence electrons. The predicted molar refractivity (Wildman–Crippen MR) is 65.0 cm³/mol. The van der Waals surface area contributed by atoms with Crippen molar-refractivity contribution in [3.8, 4) is 5.75 Å². The summed E-state index contributed by atoms with van der Waals surface area (Å²) in [6.07, 6.45) is 0. The molecule has 0 bridgehead atoms. The molecular weight excluding hydrogens is 200 g/mol. The standard InChI is InChI=1S/C14H20O2/c1-13(2,3)11-7-5-6-8-12(11)15-9-14(4)10-16-14/h5-8H,9-10H2,1-4H3. The van der Waals surface area contributed by atoms with Crippen molar-refractivity contribution in [2.75, 3.05) is 13.2 Å². The lowest BCUT2D eigenvalue weighted by molar-refractivity contribution is 0.199. The van der Waals surface area contributed by atoms with E-state index in [1.54, 1.807) is 0 Å². The first-order valence-corrected chi connectivity index (χ1v) is 5.77. The predicted octanol–water partition coefficient (Wildman–Crippen LogP) is 3.15. The van der Waals surface area contributed by atoms with Crippen molar-refractivity contribution in [1.82, 2.24) is 0 Å². The monoisotopic (exact) mass is 220 g/mol. The Balaban J connectivity index is 2.13. The molecule has 1 aliphatic rings. The van der Waals surface area contributed by atoms with E-state index in [1.807, 2.05) is 12.1 Å². The molecule has 0 aliphatic carbocycles. The third-order valence-electron chi connectivity index (χ3n) is 2.87. The zero-order chi connectivity index (χ0) is 11.8. The van der Waals surface area contributed by atoms with Gasteiger partial charge in [-0.15, -0.1) is 0 Å². The molecule has 1 aromatic rings. The molecule has 2 nitrogen and oxygen atoms in total. The second-order valence-corrected chi connectivity index (χ2v) is 5.77. The van der Waals surface area contributed by atoms with Crippen molar-refractivity contribution in [3.05, 3.63) is 29.8 Å². The maximum atomic E-state index is 5.87. The summed E-state index contributed by atoms with van der Waals surface area (Å²) in [4.78, 5) is 0. The maximum absolute atomic E-state index is 5.87. The fourth-order valence-corrected chi connectivity index (χ4v) is 1.65. The normalized spacial score (nSPS) is 24.2. The lowest BCUT2D eigenvalue weighted by Crippen LogP contribution is -2.20. The van der Waals surface area contributed by atoms with E-state index < -0.39 is 0 Å². The molecular formula is C14H20O2. The molecule has 16 heavy (non-hydrogen) atoms. The number of para-hydroxylation sites is 1. The van der Waals surface area contributed by atoms with Crippen LogP contribution in [0.5, 0.6) is 5.75 Å². The zero-order valence-corrected chi connectivity index (χ0v) is 10.5. The van der Waals surface area contributed by atoms with E-state index in [4.69, 9.17) is 9.47 Å². The van der Waals surface area contributed by atoms with E-state index in [0.717, 1.165) is 12.4 Å². The largest absolute Gasteiger partial charge is 0.490 e. The Kier molecular flexibility index (Phi) is 2.70. The minimum absolute atomic E-state index is 0.0506. The summed E-state index contributed by atoms with van der Waals surface area (Å²) in [5.41, 5.74) is 1.31. The van der Waals surface area contributed by atoms with Crippen LogP contribution in [0.15, 0.2) is 24.3 Å². The quantitative estimate of drug-likeness (QED) is 0.730. The summed E-state index contributed by atoms with van der Waals surface area (Å²) < 4.78 is 11.2. The number of hydrogen-bond acceptors (Lipinski definition) is 2. The van der Waals surface area contributed by atoms with Crippen LogP contribution in [-0.2, 0) is 10.2 Å². The molecule has 1 aliphatic heterocycles. The third-order valence-corrected chi connectivity index (χ3v) is 2.87. The van der Waals surface area contributed by atoms with E-state index in [0.29, 0.717) is 6.61 Å². The summed E-state index contributed by atoms with van der Waals surface area (Å²) in [6.45, 7) is 10.1. The highest BCUT2D eigenvalue weighted by atomic mass is 16.6. The first kappa shape index (κ1) is 11.5. The minimum Gasteiger partial charge on any atom is -0.490 e. The van der Waals surface area contributed by atoms with Gasteiger partial charge in [0.05, 0.1) is 6.61 Å². The molecule has 1 heterocycles. The number of rotatable bonds is 3. The van der Waals surface area contributed by atoms with Crippen LogP contribution in [0.3, 0.4) is 0 Å². The SMILES string of the molecule is CC1(COc2ccccc2C(C)(C)C)CO1. The van der Waals surface area contributed by atoms with Crippen LogP contribution in [0.4, 0.5) is 0 Å². The van der Waals surface area contributed by atoms with Crippen molar-refractivity contribution in [3.63, 3.8) is 0 Å². The highest BCUT2D eigenvalue weighted by molar-refractivity contribution is 5.38. The molecule has 1 atom stereocenters. The van der Waals surface area contributed by atoms with Crippen molar-refractivity contribution in [2.24, 2.45) is 0 Å². The fraction of sp³-hybridized carbons (Fsp3) is 0.571. The second kappa shape index (κ2) is 3.77.